The van der Waals surface area contributed by atoms with Gasteiger partial charge in [0, 0.05) is 18.6 Å². The standard InChI is InChI=1S/C16H22BrNO4/c1-18(2)15(20)10-13(19)6-4-5-11-7-8-12(9-14(11)17)16(21)22-3/h7-9,13,19H,4-6,10H2,1-3H3. The molecule has 122 valence electrons. The minimum Gasteiger partial charge on any atom is -0.465 e. The molecule has 1 unspecified atom stereocenters. The van der Waals surface area contributed by atoms with Gasteiger partial charge in [0.2, 0.25) is 5.91 Å². The molecule has 6 heteroatoms. The van der Waals surface area contributed by atoms with Crippen LogP contribution < -0.4 is 0 Å². The second-order valence-electron chi connectivity index (χ2n) is 5.34. The zero-order chi connectivity index (χ0) is 16.7. The summed E-state index contributed by atoms with van der Waals surface area (Å²) in [6.45, 7) is 0. The lowest BCUT2D eigenvalue weighted by Crippen LogP contribution is -2.26. The van der Waals surface area contributed by atoms with E-state index in [0.717, 1.165) is 22.9 Å². The summed E-state index contributed by atoms with van der Waals surface area (Å²) >= 11 is 3.44. The molecule has 0 radical (unpaired) electrons. The Morgan fingerprint density at radius 1 is 1.36 bits per heavy atom. The average Bonchev–Trinajstić information content (AvgIpc) is 2.47. The zero-order valence-corrected chi connectivity index (χ0v) is 14.7. The van der Waals surface area contributed by atoms with E-state index in [1.165, 1.54) is 12.0 Å². The molecular weight excluding hydrogens is 350 g/mol. The van der Waals surface area contributed by atoms with E-state index in [1.54, 1.807) is 26.2 Å². The molecule has 0 aromatic heterocycles. The maximum Gasteiger partial charge on any atom is 0.337 e. The number of rotatable bonds is 7. The molecule has 1 N–H and O–H groups in total. The van der Waals surface area contributed by atoms with Gasteiger partial charge < -0.3 is 14.7 Å². The molecule has 1 rings (SSSR count). The number of aryl methyl sites for hydroxylation is 1. The van der Waals surface area contributed by atoms with Crippen LogP contribution >= 0.6 is 15.9 Å². The van der Waals surface area contributed by atoms with Gasteiger partial charge >= 0.3 is 5.97 Å². The van der Waals surface area contributed by atoms with Gasteiger partial charge in [-0.25, -0.2) is 4.79 Å². The fraction of sp³-hybridized carbons (Fsp3) is 0.500. The van der Waals surface area contributed by atoms with Crippen molar-refractivity contribution in [1.82, 2.24) is 4.90 Å². The first-order chi connectivity index (χ1) is 10.3. The SMILES string of the molecule is COC(=O)c1ccc(CCCC(O)CC(=O)N(C)C)c(Br)c1. The van der Waals surface area contributed by atoms with Crippen LogP contribution in [0.2, 0.25) is 0 Å². The Morgan fingerprint density at radius 3 is 2.59 bits per heavy atom. The van der Waals surface area contributed by atoms with Gasteiger partial charge in [-0.15, -0.1) is 0 Å². The lowest BCUT2D eigenvalue weighted by Gasteiger charge is -2.14. The molecule has 0 heterocycles. The first kappa shape index (κ1) is 18.6. The summed E-state index contributed by atoms with van der Waals surface area (Å²) in [6.07, 6.45) is 1.61. The van der Waals surface area contributed by atoms with E-state index < -0.39 is 6.10 Å². The monoisotopic (exact) mass is 371 g/mol. The van der Waals surface area contributed by atoms with Crippen molar-refractivity contribution in [2.45, 2.75) is 31.8 Å². The predicted molar refractivity (Wildman–Crippen MR) is 87.7 cm³/mol. The number of hydrogen-bond donors (Lipinski definition) is 1. The summed E-state index contributed by atoms with van der Waals surface area (Å²) < 4.78 is 5.51. The van der Waals surface area contributed by atoms with Crippen molar-refractivity contribution in [2.24, 2.45) is 0 Å². The molecule has 0 bridgehead atoms. The van der Waals surface area contributed by atoms with Gasteiger partial charge in [0.15, 0.2) is 0 Å². The van der Waals surface area contributed by atoms with Crippen molar-refractivity contribution < 1.29 is 19.4 Å². The quantitative estimate of drug-likeness (QED) is 0.747. The van der Waals surface area contributed by atoms with E-state index in [1.807, 2.05) is 6.07 Å². The molecule has 0 saturated carbocycles. The van der Waals surface area contributed by atoms with Crippen molar-refractivity contribution >= 4 is 27.8 Å². The van der Waals surface area contributed by atoms with Crippen molar-refractivity contribution in [1.29, 1.82) is 0 Å². The Balaban J connectivity index is 2.48. The van der Waals surface area contributed by atoms with Gasteiger partial charge in [0.1, 0.15) is 0 Å². The van der Waals surface area contributed by atoms with Gasteiger partial charge in [0.05, 0.1) is 25.2 Å². The zero-order valence-electron chi connectivity index (χ0n) is 13.1. The number of esters is 1. The molecule has 0 saturated heterocycles. The molecule has 0 spiro atoms. The van der Waals surface area contributed by atoms with Gasteiger partial charge in [-0.1, -0.05) is 22.0 Å². The molecule has 0 fully saturated rings. The normalized spacial score (nSPS) is 11.9. The lowest BCUT2D eigenvalue weighted by atomic mass is 10.0. The number of halogens is 1. The van der Waals surface area contributed by atoms with Crippen LogP contribution in [0.4, 0.5) is 0 Å². The molecule has 0 aliphatic rings. The average molecular weight is 372 g/mol. The fourth-order valence-electron chi connectivity index (χ4n) is 2.01. The van der Waals surface area contributed by atoms with E-state index in [-0.39, 0.29) is 18.3 Å². The summed E-state index contributed by atoms with van der Waals surface area (Å²) in [7, 11) is 4.70. The number of carbonyl (C=O) groups is 2. The highest BCUT2D eigenvalue weighted by atomic mass is 79.9. The second kappa shape index (κ2) is 8.90. The Hall–Kier alpha value is -1.40. The van der Waals surface area contributed by atoms with Crippen molar-refractivity contribution in [3.05, 3.63) is 33.8 Å². The third kappa shape index (κ3) is 5.77. The van der Waals surface area contributed by atoms with Gasteiger partial charge in [-0.05, 0) is 37.0 Å². The molecule has 0 aliphatic carbocycles. The number of methoxy groups -OCH3 is 1. The Kier molecular flexibility index (Phi) is 7.55. The fourth-order valence-corrected chi connectivity index (χ4v) is 2.59. The van der Waals surface area contributed by atoms with Crippen molar-refractivity contribution in [3.8, 4) is 0 Å². The van der Waals surface area contributed by atoms with Crippen LogP contribution in [0, 0.1) is 0 Å². The summed E-state index contributed by atoms with van der Waals surface area (Å²) in [5.41, 5.74) is 1.55. The molecule has 22 heavy (non-hydrogen) atoms. The highest BCUT2D eigenvalue weighted by molar-refractivity contribution is 9.10. The maximum atomic E-state index is 11.5. The van der Waals surface area contributed by atoms with E-state index in [9.17, 15) is 14.7 Å². The third-order valence-electron chi connectivity index (χ3n) is 3.37. The predicted octanol–water partition coefficient (Wildman–Crippen LogP) is 2.40. The van der Waals surface area contributed by atoms with Crippen LogP contribution in [0.1, 0.15) is 35.2 Å². The van der Waals surface area contributed by atoms with Crippen molar-refractivity contribution in [3.63, 3.8) is 0 Å². The molecule has 1 aromatic carbocycles. The number of aliphatic hydroxyl groups is 1. The summed E-state index contributed by atoms with van der Waals surface area (Å²) in [4.78, 5) is 24.4. The van der Waals surface area contributed by atoms with Gasteiger partial charge in [-0.3, -0.25) is 4.79 Å². The number of nitrogens with zero attached hydrogens (tertiary/aromatic N) is 1. The molecule has 1 amide bonds. The van der Waals surface area contributed by atoms with E-state index >= 15 is 0 Å². The first-order valence-corrected chi connectivity index (χ1v) is 7.89. The largest absolute Gasteiger partial charge is 0.465 e. The smallest absolute Gasteiger partial charge is 0.337 e. The summed E-state index contributed by atoms with van der Waals surface area (Å²) in [6, 6.07) is 5.32. The maximum absolute atomic E-state index is 11.5. The van der Waals surface area contributed by atoms with Crippen LogP contribution in [-0.2, 0) is 16.0 Å². The third-order valence-corrected chi connectivity index (χ3v) is 4.10. The lowest BCUT2D eigenvalue weighted by molar-refractivity contribution is -0.130. The molecular formula is C16H22BrNO4. The van der Waals surface area contributed by atoms with Crippen LogP contribution in [0.5, 0.6) is 0 Å². The van der Waals surface area contributed by atoms with Crippen molar-refractivity contribution in [2.75, 3.05) is 21.2 Å². The molecule has 5 nitrogen and oxygen atoms in total. The van der Waals surface area contributed by atoms with Crippen LogP contribution in [0.3, 0.4) is 0 Å². The minimum absolute atomic E-state index is 0.0730. The second-order valence-corrected chi connectivity index (χ2v) is 6.19. The van der Waals surface area contributed by atoms with Crippen LogP contribution in [0.15, 0.2) is 22.7 Å². The van der Waals surface area contributed by atoms with Gasteiger partial charge in [0.25, 0.3) is 0 Å². The Bertz CT molecular complexity index is 531. The minimum atomic E-state index is -0.622. The number of aliphatic hydroxyl groups excluding tert-OH is 1. The number of ether oxygens (including phenoxy) is 1. The number of benzene rings is 1. The topological polar surface area (TPSA) is 66.8 Å². The van der Waals surface area contributed by atoms with Crippen LogP contribution in [-0.4, -0.2) is 49.2 Å². The molecule has 0 aliphatic heterocycles. The Morgan fingerprint density at radius 2 is 2.05 bits per heavy atom. The van der Waals surface area contributed by atoms with E-state index in [0.29, 0.717) is 12.0 Å². The number of carbonyl (C=O) groups excluding carboxylic acids is 2. The number of hydrogen-bond acceptors (Lipinski definition) is 4. The highest BCUT2D eigenvalue weighted by Gasteiger charge is 2.13. The highest BCUT2D eigenvalue weighted by Crippen LogP contribution is 2.21. The molecule has 1 atom stereocenters. The summed E-state index contributed by atoms with van der Waals surface area (Å²) in [5, 5.41) is 9.84. The number of amides is 1. The molecule has 1 aromatic rings. The van der Waals surface area contributed by atoms with Gasteiger partial charge in [-0.2, -0.15) is 0 Å². The summed E-state index contributed by atoms with van der Waals surface area (Å²) in [5.74, 6) is -0.444. The first-order valence-electron chi connectivity index (χ1n) is 7.10. The van der Waals surface area contributed by atoms with Crippen LogP contribution in [0.25, 0.3) is 0 Å². The van der Waals surface area contributed by atoms with E-state index in [2.05, 4.69) is 20.7 Å². The Labute approximate surface area is 139 Å². The van der Waals surface area contributed by atoms with E-state index in [4.69, 9.17) is 0 Å².